The van der Waals surface area contributed by atoms with Crippen LogP contribution in [0.15, 0.2) is 66.0 Å². The lowest BCUT2D eigenvalue weighted by Crippen LogP contribution is -2.37. The van der Waals surface area contributed by atoms with Gasteiger partial charge in [-0.05, 0) is 43.5 Å². The summed E-state index contributed by atoms with van der Waals surface area (Å²) in [5.74, 6) is 1.66. The minimum absolute atomic E-state index is 0.0941. The molecule has 1 aliphatic heterocycles. The Labute approximate surface area is 168 Å². The van der Waals surface area contributed by atoms with E-state index in [2.05, 4.69) is 40.1 Å². The van der Waals surface area contributed by atoms with E-state index in [4.69, 9.17) is 4.98 Å². The topological polar surface area (TPSA) is 68.8 Å². The van der Waals surface area contributed by atoms with Crippen molar-refractivity contribution in [3.05, 3.63) is 77.1 Å². The van der Waals surface area contributed by atoms with Crippen molar-refractivity contribution in [3.8, 4) is 5.82 Å². The third-order valence-electron chi connectivity index (χ3n) is 5.59. The average molecular weight is 386 g/mol. The summed E-state index contributed by atoms with van der Waals surface area (Å²) in [7, 11) is 0. The van der Waals surface area contributed by atoms with Crippen LogP contribution in [-0.4, -0.2) is 36.9 Å². The van der Waals surface area contributed by atoms with Crippen LogP contribution in [0.5, 0.6) is 0 Å². The Morgan fingerprint density at radius 2 is 2.03 bits per heavy atom. The molecule has 7 heteroatoms. The molecule has 1 unspecified atom stereocenters. The average Bonchev–Trinajstić information content (AvgIpc) is 3.42. The molecular formula is C22H22N6O. The van der Waals surface area contributed by atoms with Gasteiger partial charge < -0.3 is 4.90 Å². The number of pyridine rings is 1. The number of imidazole rings is 1. The molecule has 5 rings (SSSR count). The molecule has 4 aromatic rings. The van der Waals surface area contributed by atoms with Gasteiger partial charge in [-0.2, -0.15) is 5.10 Å². The van der Waals surface area contributed by atoms with Crippen LogP contribution in [0.4, 0.5) is 5.82 Å². The van der Waals surface area contributed by atoms with Gasteiger partial charge in [0, 0.05) is 30.4 Å². The third kappa shape index (κ3) is 3.29. The molecule has 7 nitrogen and oxygen atoms in total. The molecule has 29 heavy (non-hydrogen) atoms. The smallest absolute Gasteiger partial charge is 0.266 e. The van der Waals surface area contributed by atoms with E-state index >= 15 is 0 Å². The van der Waals surface area contributed by atoms with E-state index < -0.39 is 0 Å². The van der Waals surface area contributed by atoms with E-state index in [1.54, 1.807) is 33.9 Å². The van der Waals surface area contributed by atoms with Crippen molar-refractivity contribution >= 4 is 16.7 Å². The molecule has 3 aromatic heterocycles. The van der Waals surface area contributed by atoms with Crippen molar-refractivity contribution in [1.82, 2.24) is 24.3 Å². The van der Waals surface area contributed by atoms with Crippen LogP contribution in [0.25, 0.3) is 16.7 Å². The zero-order valence-corrected chi connectivity index (χ0v) is 16.3. The first kappa shape index (κ1) is 17.6. The summed E-state index contributed by atoms with van der Waals surface area (Å²) in [4.78, 5) is 23.7. The fourth-order valence-corrected chi connectivity index (χ4v) is 4.11. The van der Waals surface area contributed by atoms with Crippen molar-refractivity contribution < 1.29 is 0 Å². The fraction of sp³-hybridized carbons (Fsp3) is 0.273. The van der Waals surface area contributed by atoms with Crippen LogP contribution in [0.1, 0.15) is 18.4 Å². The molecule has 0 amide bonds. The highest BCUT2D eigenvalue weighted by Gasteiger charge is 2.27. The first-order valence-electron chi connectivity index (χ1n) is 9.88. The lowest BCUT2D eigenvalue weighted by atomic mass is 10.1. The van der Waals surface area contributed by atoms with Gasteiger partial charge in [-0.15, -0.1) is 0 Å². The zero-order valence-electron chi connectivity index (χ0n) is 16.3. The number of fused-ring (bicyclic) bond motifs is 1. The Kier molecular flexibility index (Phi) is 4.35. The van der Waals surface area contributed by atoms with Gasteiger partial charge >= 0.3 is 0 Å². The Morgan fingerprint density at radius 1 is 1.14 bits per heavy atom. The third-order valence-corrected chi connectivity index (χ3v) is 5.59. The van der Waals surface area contributed by atoms with Gasteiger partial charge in [-0.3, -0.25) is 9.36 Å². The molecule has 1 aliphatic rings. The number of benzene rings is 1. The second-order valence-electron chi connectivity index (χ2n) is 7.49. The number of para-hydroxylation sites is 1. The highest BCUT2D eigenvalue weighted by molar-refractivity contribution is 5.83. The standard InChI is InChI=1S/C22H22N6O/c1-16-13-21(24-19-7-3-2-6-18(16)19)27-11-4-5-17(27)14-28-22(29)9-8-20(25-28)26-12-10-23-15-26/h2-3,6-10,12-13,15,17H,4-5,11,14H2,1H3. The molecular weight excluding hydrogens is 364 g/mol. The van der Waals surface area contributed by atoms with Gasteiger partial charge in [0.25, 0.3) is 5.56 Å². The summed E-state index contributed by atoms with van der Waals surface area (Å²) >= 11 is 0. The molecule has 0 spiro atoms. The molecule has 0 saturated carbocycles. The summed E-state index contributed by atoms with van der Waals surface area (Å²) in [5, 5.41) is 5.73. The predicted octanol–water partition coefficient (Wildman–Crippen LogP) is 2.95. The number of aromatic nitrogens is 5. The van der Waals surface area contributed by atoms with E-state index in [0.717, 1.165) is 30.7 Å². The number of hydrogen-bond acceptors (Lipinski definition) is 5. The monoisotopic (exact) mass is 386 g/mol. The number of anilines is 1. The van der Waals surface area contributed by atoms with E-state index in [0.29, 0.717) is 12.4 Å². The maximum atomic E-state index is 12.4. The number of rotatable bonds is 4. The van der Waals surface area contributed by atoms with Gasteiger partial charge in [0.2, 0.25) is 0 Å². The molecule has 1 fully saturated rings. The van der Waals surface area contributed by atoms with Gasteiger partial charge in [0.1, 0.15) is 12.1 Å². The molecule has 1 atom stereocenters. The largest absolute Gasteiger partial charge is 0.352 e. The SMILES string of the molecule is Cc1cc(N2CCCC2Cn2nc(-n3ccnc3)ccc2=O)nc2ccccc12. The summed E-state index contributed by atoms with van der Waals surface area (Å²) in [6.45, 7) is 3.60. The summed E-state index contributed by atoms with van der Waals surface area (Å²) in [5.41, 5.74) is 2.13. The first-order chi connectivity index (χ1) is 14.2. The lowest BCUT2D eigenvalue weighted by molar-refractivity contribution is 0.484. The molecule has 0 radical (unpaired) electrons. The van der Waals surface area contributed by atoms with Crippen LogP contribution in [-0.2, 0) is 6.54 Å². The molecule has 0 N–H and O–H groups in total. The highest BCUT2D eigenvalue weighted by Crippen LogP contribution is 2.28. The Hall–Kier alpha value is -3.48. The van der Waals surface area contributed by atoms with Crippen LogP contribution < -0.4 is 10.5 Å². The second-order valence-corrected chi connectivity index (χ2v) is 7.49. The van der Waals surface area contributed by atoms with Crippen molar-refractivity contribution in [2.24, 2.45) is 0 Å². The fourth-order valence-electron chi connectivity index (χ4n) is 4.11. The van der Waals surface area contributed by atoms with E-state index in [1.807, 2.05) is 18.3 Å². The summed E-state index contributed by atoms with van der Waals surface area (Å²) < 4.78 is 3.36. The normalized spacial score (nSPS) is 16.6. The van der Waals surface area contributed by atoms with Crippen molar-refractivity contribution in [1.29, 1.82) is 0 Å². The number of hydrogen-bond donors (Lipinski definition) is 0. The molecule has 1 aromatic carbocycles. The zero-order chi connectivity index (χ0) is 19.8. The molecule has 1 saturated heterocycles. The van der Waals surface area contributed by atoms with Crippen molar-refractivity contribution in [2.75, 3.05) is 11.4 Å². The van der Waals surface area contributed by atoms with Gasteiger partial charge in [-0.1, -0.05) is 18.2 Å². The lowest BCUT2D eigenvalue weighted by Gasteiger charge is -2.26. The predicted molar refractivity (Wildman–Crippen MR) is 112 cm³/mol. The van der Waals surface area contributed by atoms with Crippen molar-refractivity contribution in [2.45, 2.75) is 32.4 Å². The van der Waals surface area contributed by atoms with Crippen LogP contribution in [0.3, 0.4) is 0 Å². The Morgan fingerprint density at radius 3 is 2.90 bits per heavy atom. The van der Waals surface area contributed by atoms with Crippen LogP contribution >= 0.6 is 0 Å². The molecule has 0 aliphatic carbocycles. The van der Waals surface area contributed by atoms with Crippen molar-refractivity contribution in [3.63, 3.8) is 0 Å². The highest BCUT2D eigenvalue weighted by atomic mass is 16.1. The Balaban J connectivity index is 1.46. The summed E-state index contributed by atoms with van der Waals surface area (Å²) in [6, 6.07) is 13.9. The van der Waals surface area contributed by atoms with Gasteiger partial charge in [-0.25, -0.2) is 14.6 Å². The molecule has 146 valence electrons. The second kappa shape index (κ2) is 7.16. The first-order valence-corrected chi connectivity index (χ1v) is 9.88. The number of aryl methyl sites for hydroxylation is 1. The van der Waals surface area contributed by atoms with E-state index in [9.17, 15) is 4.79 Å². The maximum absolute atomic E-state index is 12.4. The van der Waals surface area contributed by atoms with Gasteiger partial charge in [0.05, 0.1) is 18.1 Å². The van der Waals surface area contributed by atoms with Crippen LogP contribution in [0.2, 0.25) is 0 Å². The minimum Gasteiger partial charge on any atom is -0.352 e. The van der Waals surface area contributed by atoms with E-state index in [-0.39, 0.29) is 11.6 Å². The maximum Gasteiger partial charge on any atom is 0.266 e. The van der Waals surface area contributed by atoms with Gasteiger partial charge in [0.15, 0.2) is 5.82 Å². The summed E-state index contributed by atoms with van der Waals surface area (Å²) in [6.07, 6.45) is 7.29. The molecule has 0 bridgehead atoms. The van der Waals surface area contributed by atoms with Crippen LogP contribution in [0, 0.1) is 6.92 Å². The van der Waals surface area contributed by atoms with E-state index in [1.165, 1.54) is 10.9 Å². The number of nitrogens with zero attached hydrogens (tertiary/aromatic N) is 6. The molecule has 4 heterocycles. The quantitative estimate of drug-likeness (QED) is 0.539. The minimum atomic E-state index is -0.0941. The Bertz CT molecular complexity index is 1210.